The van der Waals surface area contributed by atoms with Crippen molar-refractivity contribution in [1.29, 1.82) is 0 Å². The van der Waals surface area contributed by atoms with Gasteiger partial charge in [0.2, 0.25) is 11.8 Å². The number of hydrogen-bond acceptors (Lipinski definition) is 6. The van der Waals surface area contributed by atoms with Crippen LogP contribution in [0.15, 0.2) is 82.2 Å². The lowest BCUT2D eigenvalue weighted by Gasteiger charge is -2.14. The summed E-state index contributed by atoms with van der Waals surface area (Å²) in [7, 11) is 0. The molecule has 0 saturated heterocycles. The molecule has 38 heavy (non-hydrogen) atoms. The molecule has 0 spiro atoms. The van der Waals surface area contributed by atoms with E-state index in [0.717, 1.165) is 33.4 Å². The SMILES string of the molecule is Cc1c(-c2ccccc2)cccc1-c1nnc(-c2cccc(CNC(CCCN=C(N)N)C(=O)O)c2)o1.Cl. The first-order valence-electron chi connectivity index (χ1n) is 12.0. The Kier molecular flexibility index (Phi) is 9.98. The first-order valence-corrected chi connectivity index (χ1v) is 12.0. The number of carbonyl (C=O) groups is 1. The second-order valence-electron chi connectivity index (χ2n) is 8.68. The summed E-state index contributed by atoms with van der Waals surface area (Å²) in [5.41, 5.74) is 16.5. The van der Waals surface area contributed by atoms with Crippen LogP contribution in [0.2, 0.25) is 0 Å². The molecule has 1 unspecified atom stereocenters. The minimum Gasteiger partial charge on any atom is -0.480 e. The molecule has 0 aliphatic carbocycles. The fourth-order valence-electron chi connectivity index (χ4n) is 4.12. The van der Waals surface area contributed by atoms with E-state index >= 15 is 0 Å². The lowest BCUT2D eigenvalue weighted by molar-refractivity contribution is -0.139. The second kappa shape index (κ2) is 13.4. The van der Waals surface area contributed by atoms with Crippen LogP contribution in [0.25, 0.3) is 34.0 Å². The normalized spacial score (nSPS) is 11.4. The van der Waals surface area contributed by atoms with E-state index in [1.165, 1.54) is 0 Å². The van der Waals surface area contributed by atoms with Crippen LogP contribution in [0.5, 0.6) is 0 Å². The van der Waals surface area contributed by atoms with Gasteiger partial charge >= 0.3 is 5.97 Å². The van der Waals surface area contributed by atoms with E-state index in [1.807, 2.05) is 61.5 Å². The topological polar surface area (TPSA) is 153 Å². The second-order valence-corrected chi connectivity index (χ2v) is 8.68. The van der Waals surface area contributed by atoms with Crippen molar-refractivity contribution < 1.29 is 14.3 Å². The molecule has 4 aromatic rings. The number of nitrogens with one attached hydrogen (secondary N) is 1. The van der Waals surface area contributed by atoms with Crippen molar-refractivity contribution in [2.45, 2.75) is 32.4 Å². The van der Waals surface area contributed by atoms with Gasteiger partial charge in [0.15, 0.2) is 5.96 Å². The van der Waals surface area contributed by atoms with Gasteiger partial charge in [0, 0.05) is 24.2 Å². The Morgan fingerprint density at radius 1 is 0.974 bits per heavy atom. The molecule has 6 N–H and O–H groups in total. The molecule has 0 fully saturated rings. The fourth-order valence-corrected chi connectivity index (χ4v) is 4.12. The fraction of sp³-hybridized carbons (Fsp3) is 0.214. The van der Waals surface area contributed by atoms with Gasteiger partial charge in [0.05, 0.1) is 0 Å². The molecule has 0 bridgehead atoms. The Morgan fingerprint density at radius 3 is 2.39 bits per heavy atom. The van der Waals surface area contributed by atoms with Crippen molar-refractivity contribution in [3.63, 3.8) is 0 Å². The lowest BCUT2D eigenvalue weighted by Crippen LogP contribution is -2.36. The molecule has 3 aromatic carbocycles. The minimum atomic E-state index is -0.921. The van der Waals surface area contributed by atoms with Crippen molar-refractivity contribution in [3.8, 4) is 34.0 Å². The molecular weight excluding hydrogens is 504 g/mol. The summed E-state index contributed by atoms with van der Waals surface area (Å²) in [6, 6.07) is 23.1. The average Bonchev–Trinajstić information content (AvgIpc) is 3.39. The van der Waals surface area contributed by atoms with E-state index in [-0.39, 0.29) is 18.4 Å². The van der Waals surface area contributed by atoms with Crippen LogP contribution >= 0.6 is 12.4 Å². The van der Waals surface area contributed by atoms with Gasteiger partial charge < -0.3 is 26.3 Å². The number of hydrogen-bond donors (Lipinski definition) is 4. The maximum absolute atomic E-state index is 11.6. The third kappa shape index (κ3) is 7.18. The number of halogens is 1. The quantitative estimate of drug-likeness (QED) is 0.125. The molecule has 1 heterocycles. The van der Waals surface area contributed by atoms with E-state index in [0.29, 0.717) is 37.7 Å². The zero-order valence-corrected chi connectivity index (χ0v) is 21.8. The van der Waals surface area contributed by atoms with Gasteiger partial charge in [-0.25, -0.2) is 0 Å². The molecule has 0 radical (unpaired) electrons. The van der Waals surface area contributed by atoms with Crippen LogP contribution < -0.4 is 16.8 Å². The Hall–Kier alpha value is -4.21. The van der Waals surface area contributed by atoms with E-state index in [9.17, 15) is 9.90 Å². The largest absolute Gasteiger partial charge is 0.480 e. The van der Waals surface area contributed by atoms with Gasteiger partial charge in [0.25, 0.3) is 0 Å². The number of nitrogens with two attached hydrogens (primary N) is 2. The van der Waals surface area contributed by atoms with Gasteiger partial charge in [-0.3, -0.25) is 9.79 Å². The zero-order chi connectivity index (χ0) is 26.2. The summed E-state index contributed by atoms with van der Waals surface area (Å²) in [5.74, 6) is -0.0794. The molecule has 1 aromatic heterocycles. The highest BCUT2D eigenvalue weighted by Gasteiger charge is 2.17. The molecular formula is C28H31ClN6O3. The number of carboxylic acids is 1. The van der Waals surface area contributed by atoms with Gasteiger partial charge in [-0.1, -0.05) is 54.6 Å². The van der Waals surface area contributed by atoms with Gasteiger partial charge in [-0.05, 0) is 60.2 Å². The summed E-state index contributed by atoms with van der Waals surface area (Å²) in [6.45, 7) is 2.80. The Labute approximate surface area is 227 Å². The number of rotatable bonds is 11. The van der Waals surface area contributed by atoms with Gasteiger partial charge in [-0.15, -0.1) is 22.6 Å². The van der Waals surface area contributed by atoms with Crippen LogP contribution in [0, 0.1) is 6.92 Å². The molecule has 0 saturated carbocycles. The average molecular weight is 535 g/mol. The van der Waals surface area contributed by atoms with Crippen molar-refractivity contribution in [2.75, 3.05) is 6.54 Å². The van der Waals surface area contributed by atoms with E-state index in [1.54, 1.807) is 0 Å². The maximum Gasteiger partial charge on any atom is 0.320 e. The number of benzene rings is 3. The first-order chi connectivity index (χ1) is 17.9. The summed E-state index contributed by atoms with van der Waals surface area (Å²) in [6.07, 6.45) is 0.956. The molecule has 1 atom stereocenters. The van der Waals surface area contributed by atoms with Crippen LogP contribution in [-0.2, 0) is 11.3 Å². The standard InChI is InChI=1S/C28H30N6O3.ClH/c1-18-22(20-9-3-2-4-10-20)12-6-13-23(18)26-34-33-25(37-26)21-11-5-8-19(16-21)17-32-24(27(35)36)14-7-15-31-28(29)30;/h2-6,8-13,16,24,32H,7,14-15,17H2,1H3,(H,35,36)(H4,29,30,31);1H. The molecule has 10 heteroatoms. The van der Waals surface area contributed by atoms with Crippen LogP contribution in [-0.4, -0.2) is 39.8 Å². The Bertz CT molecular complexity index is 1390. The van der Waals surface area contributed by atoms with Gasteiger partial charge in [-0.2, -0.15) is 0 Å². The summed E-state index contributed by atoms with van der Waals surface area (Å²) in [5, 5.41) is 21.2. The van der Waals surface area contributed by atoms with Crippen LogP contribution in [0.1, 0.15) is 24.0 Å². The van der Waals surface area contributed by atoms with Crippen molar-refractivity contribution in [2.24, 2.45) is 16.5 Å². The lowest BCUT2D eigenvalue weighted by atomic mass is 9.96. The molecule has 0 aliphatic rings. The molecule has 0 amide bonds. The zero-order valence-electron chi connectivity index (χ0n) is 21.0. The summed E-state index contributed by atoms with van der Waals surface area (Å²) < 4.78 is 6.06. The monoisotopic (exact) mass is 534 g/mol. The maximum atomic E-state index is 11.6. The number of aliphatic imine (C=N–C) groups is 1. The van der Waals surface area contributed by atoms with E-state index in [2.05, 4.69) is 38.7 Å². The van der Waals surface area contributed by atoms with Crippen LogP contribution in [0.3, 0.4) is 0 Å². The molecule has 9 nitrogen and oxygen atoms in total. The number of aliphatic carboxylic acids is 1. The Balaban J connectivity index is 0.00000400. The summed E-state index contributed by atoms with van der Waals surface area (Å²) in [4.78, 5) is 15.5. The highest BCUT2D eigenvalue weighted by atomic mass is 35.5. The number of nitrogens with zero attached hydrogens (tertiary/aromatic N) is 3. The Morgan fingerprint density at radius 2 is 1.66 bits per heavy atom. The number of aromatic nitrogens is 2. The van der Waals surface area contributed by atoms with E-state index in [4.69, 9.17) is 15.9 Å². The number of guanidine groups is 1. The number of carboxylic acid groups (broad SMARTS) is 1. The van der Waals surface area contributed by atoms with Gasteiger partial charge in [0.1, 0.15) is 6.04 Å². The third-order valence-corrected chi connectivity index (χ3v) is 6.04. The minimum absolute atomic E-state index is 0. The highest BCUT2D eigenvalue weighted by Crippen LogP contribution is 2.32. The highest BCUT2D eigenvalue weighted by molar-refractivity contribution is 5.85. The molecule has 198 valence electrons. The van der Waals surface area contributed by atoms with Crippen molar-refractivity contribution in [1.82, 2.24) is 15.5 Å². The van der Waals surface area contributed by atoms with E-state index < -0.39 is 12.0 Å². The predicted octanol–water partition coefficient (Wildman–Crippen LogP) is 4.40. The molecule has 4 rings (SSSR count). The molecule has 0 aliphatic heterocycles. The summed E-state index contributed by atoms with van der Waals surface area (Å²) >= 11 is 0. The van der Waals surface area contributed by atoms with Crippen LogP contribution in [0.4, 0.5) is 0 Å². The smallest absolute Gasteiger partial charge is 0.320 e. The third-order valence-electron chi connectivity index (χ3n) is 6.04. The predicted molar refractivity (Wildman–Crippen MR) is 151 cm³/mol. The first kappa shape index (κ1) is 28.4. The van der Waals surface area contributed by atoms with Crippen molar-refractivity contribution in [3.05, 3.63) is 83.9 Å². The van der Waals surface area contributed by atoms with Crippen molar-refractivity contribution >= 4 is 24.3 Å².